The lowest BCUT2D eigenvalue weighted by Gasteiger charge is -2.45. The molecule has 222 valence electrons. The number of hydrogen-bond donors (Lipinski definition) is 0. The van der Waals surface area contributed by atoms with E-state index in [1.54, 1.807) is 28.6 Å². The van der Waals surface area contributed by atoms with Crippen LogP contribution in [0.25, 0.3) is 0 Å². The molecule has 3 aromatic carbocycles. The summed E-state index contributed by atoms with van der Waals surface area (Å²) in [6.45, 7) is 13.0. The van der Waals surface area contributed by atoms with E-state index in [4.69, 9.17) is 9.57 Å². The molecule has 7 heteroatoms. The number of hydrogen-bond acceptors (Lipinski definition) is 5. The Bertz CT molecular complexity index is 1570. The topological polar surface area (TPSA) is 68.2 Å². The van der Waals surface area contributed by atoms with Crippen LogP contribution in [-0.2, 0) is 19.6 Å². The monoisotopic (exact) mass is 586 g/mol. The van der Waals surface area contributed by atoms with Crippen molar-refractivity contribution in [1.82, 2.24) is 0 Å². The van der Waals surface area contributed by atoms with Crippen LogP contribution >= 0.6 is 0 Å². The van der Waals surface area contributed by atoms with Crippen molar-refractivity contribution in [2.45, 2.75) is 84.1 Å². The van der Waals surface area contributed by atoms with Crippen molar-refractivity contribution in [3.05, 3.63) is 95.6 Å². The van der Waals surface area contributed by atoms with Crippen molar-refractivity contribution < 1.29 is 18.0 Å². The third-order valence-corrected chi connectivity index (χ3v) is 12.2. The number of ether oxygens (including phenoxy) is 1. The molecule has 1 aliphatic heterocycles. The number of rotatable bonds is 7. The summed E-state index contributed by atoms with van der Waals surface area (Å²) in [5, 5.41) is 4.50. The number of sulfonamides is 1. The van der Waals surface area contributed by atoms with E-state index in [9.17, 15) is 8.42 Å². The molecule has 2 fully saturated rings. The lowest BCUT2D eigenvalue weighted by atomic mass is 9.70. The average molecular weight is 587 g/mol. The second-order valence-corrected chi connectivity index (χ2v) is 15.2. The third-order valence-electron chi connectivity index (χ3n) is 10.4. The Labute approximate surface area is 250 Å². The largest absolute Gasteiger partial charge is 0.363 e. The van der Waals surface area contributed by atoms with Gasteiger partial charge in [0.1, 0.15) is 0 Å². The maximum Gasteiger partial charge on any atom is 0.264 e. The number of aryl methyl sites for hydroxylation is 2. The molecule has 6 rings (SSSR count). The molecule has 2 aliphatic carbocycles. The molecule has 0 unspecified atom stereocenters. The van der Waals surface area contributed by atoms with E-state index >= 15 is 0 Å². The second kappa shape index (κ2) is 10.5. The first-order valence-corrected chi connectivity index (χ1v) is 16.5. The van der Waals surface area contributed by atoms with Crippen LogP contribution in [0.1, 0.15) is 63.6 Å². The fourth-order valence-corrected chi connectivity index (χ4v) is 9.48. The first-order chi connectivity index (χ1) is 19.9. The summed E-state index contributed by atoms with van der Waals surface area (Å²) in [4.78, 5) is 6.37. The smallest absolute Gasteiger partial charge is 0.264 e. The normalized spacial score (nSPS) is 30.0. The number of fused-ring (bicyclic) bond motifs is 2. The number of anilines is 1. The van der Waals surface area contributed by atoms with Gasteiger partial charge in [-0.25, -0.2) is 8.42 Å². The number of nitrogens with zero attached hydrogens (tertiary/aromatic N) is 2. The third kappa shape index (κ3) is 4.65. The van der Waals surface area contributed by atoms with Crippen molar-refractivity contribution in [2.75, 3.05) is 4.31 Å². The summed E-state index contributed by atoms with van der Waals surface area (Å²) in [7, 11) is -3.92. The Morgan fingerprint density at radius 1 is 0.929 bits per heavy atom. The zero-order valence-electron chi connectivity index (χ0n) is 25.4. The van der Waals surface area contributed by atoms with Crippen molar-refractivity contribution in [2.24, 2.45) is 27.8 Å². The molecule has 6 atom stereocenters. The minimum Gasteiger partial charge on any atom is -0.363 e. The van der Waals surface area contributed by atoms with E-state index in [1.807, 2.05) is 62.4 Å². The summed E-state index contributed by atoms with van der Waals surface area (Å²) < 4.78 is 38.0. The molecule has 3 aliphatic rings. The van der Waals surface area contributed by atoms with Gasteiger partial charge in [0.05, 0.1) is 28.4 Å². The molecule has 0 radical (unpaired) electrons. The Morgan fingerprint density at radius 3 is 2.17 bits per heavy atom. The number of benzene rings is 3. The summed E-state index contributed by atoms with van der Waals surface area (Å²) in [6.07, 6.45) is 1.68. The van der Waals surface area contributed by atoms with Gasteiger partial charge in [-0.3, -0.25) is 4.31 Å². The van der Waals surface area contributed by atoms with Gasteiger partial charge in [-0.1, -0.05) is 87.4 Å². The van der Waals surface area contributed by atoms with Crippen molar-refractivity contribution >= 4 is 21.4 Å². The van der Waals surface area contributed by atoms with E-state index in [2.05, 4.69) is 38.9 Å². The lowest BCUT2D eigenvalue weighted by molar-refractivity contribution is -0.225. The summed E-state index contributed by atoms with van der Waals surface area (Å²) in [5.74, 6) is 0.152. The van der Waals surface area contributed by atoms with Gasteiger partial charge in [-0.05, 0) is 79.0 Å². The summed E-state index contributed by atoms with van der Waals surface area (Å²) >= 11 is 0. The van der Waals surface area contributed by atoms with Gasteiger partial charge in [0.15, 0.2) is 0 Å². The molecule has 0 amide bonds. The molecule has 0 N–H and O–H groups in total. The Morgan fingerprint density at radius 2 is 1.55 bits per heavy atom. The predicted octanol–water partition coefficient (Wildman–Crippen LogP) is 7.50. The van der Waals surface area contributed by atoms with Gasteiger partial charge >= 0.3 is 0 Å². The average Bonchev–Trinajstić information content (AvgIpc) is 3.27. The predicted molar refractivity (Wildman–Crippen MR) is 167 cm³/mol. The molecule has 0 spiro atoms. The summed E-state index contributed by atoms with van der Waals surface area (Å²) in [5.41, 5.74) is 4.28. The van der Waals surface area contributed by atoms with Gasteiger partial charge < -0.3 is 9.57 Å². The highest BCUT2D eigenvalue weighted by atomic mass is 32.2. The molecule has 1 heterocycles. The highest BCUT2D eigenvalue weighted by Crippen LogP contribution is 2.68. The Balaban J connectivity index is 1.44. The van der Waals surface area contributed by atoms with Crippen molar-refractivity contribution in [3.8, 4) is 0 Å². The minimum atomic E-state index is -3.92. The van der Waals surface area contributed by atoms with Crippen LogP contribution in [0.15, 0.2) is 88.9 Å². The van der Waals surface area contributed by atoms with Crippen LogP contribution < -0.4 is 4.31 Å². The highest BCUT2D eigenvalue weighted by Gasteiger charge is 2.70. The molecule has 0 aromatic heterocycles. The van der Waals surface area contributed by atoms with E-state index in [1.165, 1.54) is 0 Å². The van der Waals surface area contributed by atoms with Crippen molar-refractivity contribution in [3.63, 3.8) is 0 Å². The van der Waals surface area contributed by atoms with Crippen LogP contribution in [0.2, 0.25) is 0 Å². The summed E-state index contributed by atoms with van der Waals surface area (Å²) in [6, 6.07) is 24.5. The Kier molecular flexibility index (Phi) is 7.25. The standard InChI is InChI=1S/C35H42N2O4S/c1-23-19-24(2)21-27(20-23)37(42(38,39)28-15-11-8-12-16-28)31-29-17-18-35(6,34(29,4)5)32(31)40-33-25(3)22-30(36-41-33)26-13-9-7-10-14-26/h7-16,19-21,25,29,31-33H,17-18,22H2,1-6H3/t25-,29+,31+,32+,33+,35-/m0/s1. The first-order valence-electron chi connectivity index (χ1n) is 15.0. The van der Waals surface area contributed by atoms with Crippen molar-refractivity contribution in [1.29, 1.82) is 0 Å². The first kappa shape index (κ1) is 28.9. The molecular formula is C35H42N2O4S. The van der Waals surface area contributed by atoms with Gasteiger partial charge in [0, 0.05) is 17.8 Å². The van der Waals surface area contributed by atoms with Gasteiger partial charge in [0.25, 0.3) is 10.0 Å². The molecule has 2 saturated carbocycles. The number of oxime groups is 1. The van der Waals surface area contributed by atoms with Crippen LogP contribution in [0.5, 0.6) is 0 Å². The fraction of sp³-hybridized carbons (Fsp3) is 0.457. The molecular weight excluding hydrogens is 544 g/mol. The quantitative estimate of drug-likeness (QED) is 0.288. The van der Waals surface area contributed by atoms with E-state index < -0.39 is 22.4 Å². The van der Waals surface area contributed by atoms with Crippen LogP contribution in [-0.4, -0.2) is 32.6 Å². The molecule has 6 nitrogen and oxygen atoms in total. The highest BCUT2D eigenvalue weighted by molar-refractivity contribution is 7.92. The molecule has 0 saturated heterocycles. The fourth-order valence-electron chi connectivity index (χ4n) is 7.79. The zero-order chi connectivity index (χ0) is 29.9. The van der Waals surface area contributed by atoms with Gasteiger partial charge in [-0.15, -0.1) is 0 Å². The van der Waals surface area contributed by atoms with Crippen LogP contribution in [0, 0.1) is 36.5 Å². The van der Waals surface area contributed by atoms with Gasteiger partial charge in [-0.2, -0.15) is 0 Å². The SMILES string of the molecule is Cc1cc(C)cc(N([C@@H]2[C@H]3CC[C@@](C)([C@@H]2O[C@@H]2ON=C(c4ccccc4)C[C@@H]2C)C3(C)C)S(=O)(=O)c2ccccc2)c1. The van der Waals surface area contributed by atoms with Crippen LogP contribution in [0.3, 0.4) is 0 Å². The zero-order valence-corrected chi connectivity index (χ0v) is 26.3. The molecule has 2 bridgehead atoms. The van der Waals surface area contributed by atoms with Crippen LogP contribution in [0.4, 0.5) is 5.69 Å². The Hall–Kier alpha value is -3.16. The van der Waals surface area contributed by atoms with E-state index in [-0.39, 0.29) is 33.7 Å². The maximum atomic E-state index is 14.7. The minimum absolute atomic E-state index is 0.0459. The molecule has 42 heavy (non-hydrogen) atoms. The maximum absolute atomic E-state index is 14.7. The van der Waals surface area contributed by atoms with E-state index in [0.717, 1.165) is 41.7 Å². The second-order valence-electron chi connectivity index (χ2n) is 13.4. The molecule has 3 aromatic rings. The lowest BCUT2D eigenvalue weighted by Crippen LogP contribution is -2.55. The van der Waals surface area contributed by atoms with Gasteiger partial charge in [0.2, 0.25) is 6.29 Å². The van der Waals surface area contributed by atoms with E-state index in [0.29, 0.717) is 5.69 Å².